The lowest BCUT2D eigenvalue weighted by molar-refractivity contribution is -0.133. The number of carbonyl (C=O) groups is 1. The van der Waals surface area contributed by atoms with E-state index in [1.807, 2.05) is 59.0 Å². The van der Waals surface area contributed by atoms with Crippen LogP contribution < -0.4 is 0 Å². The molecule has 0 spiro atoms. The van der Waals surface area contributed by atoms with Crippen molar-refractivity contribution in [1.29, 1.82) is 0 Å². The number of hydrogen-bond donors (Lipinski definition) is 0. The first-order valence-electron chi connectivity index (χ1n) is 10.5. The molecule has 0 unspecified atom stereocenters. The Morgan fingerprint density at radius 3 is 2.65 bits per heavy atom. The third-order valence-corrected chi connectivity index (χ3v) is 5.62. The van der Waals surface area contributed by atoms with E-state index in [9.17, 15) is 4.79 Å². The molecule has 4 aromatic rings. The van der Waals surface area contributed by atoms with E-state index in [1.54, 1.807) is 0 Å². The lowest BCUT2D eigenvalue weighted by atomic mass is 10.1. The molecule has 2 aromatic heterocycles. The molecule has 1 aliphatic heterocycles. The highest BCUT2D eigenvalue weighted by atomic mass is 16.4. The number of benzene rings is 2. The van der Waals surface area contributed by atoms with Crippen molar-refractivity contribution >= 4 is 5.91 Å². The minimum absolute atomic E-state index is 0.0464. The number of carbonyl (C=O) groups excluding carboxylic acids is 1. The monoisotopic (exact) mass is 412 g/mol. The van der Waals surface area contributed by atoms with Crippen molar-refractivity contribution in [1.82, 2.24) is 19.4 Å². The number of imidazole rings is 1. The third kappa shape index (κ3) is 3.89. The van der Waals surface area contributed by atoms with Crippen molar-refractivity contribution in [2.24, 2.45) is 0 Å². The fraction of sp³-hybridized carbons (Fsp3) is 0.240. The molecule has 0 bridgehead atoms. The molecule has 156 valence electrons. The zero-order valence-corrected chi connectivity index (χ0v) is 17.7. The van der Waals surface area contributed by atoms with Crippen LogP contribution in [0.4, 0.5) is 0 Å². The molecule has 0 aliphatic carbocycles. The van der Waals surface area contributed by atoms with E-state index in [0.717, 1.165) is 40.5 Å². The Bertz CT molecular complexity index is 1240. The number of aromatic nitrogens is 3. The molecular formula is C25H24N4O2. The second-order valence-corrected chi connectivity index (χ2v) is 7.98. The van der Waals surface area contributed by atoms with Crippen LogP contribution in [0.25, 0.3) is 22.6 Å². The normalized spacial score (nSPS) is 13.3. The van der Waals surface area contributed by atoms with Crippen molar-refractivity contribution in [2.45, 2.75) is 33.4 Å². The predicted molar refractivity (Wildman–Crippen MR) is 118 cm³/mol. The van der Waals surface area contributed by atoms with Crippen molar-refractivity contribution in [3.63, 3.8) is 0 Å². The van der Waals surface area contributed by atoms with Gasteiger partial charge >= 0.3 is 0 Å². The van der Waals surface area contributed by atoms with Gasteiger partial charge in [-0.3, -0.25) is 4.79 Å². The molecule has 6 nitrogen and oxygen atoms in total. The van der Waals surface area contributed by atoms with E-state index in [1.165, 1.54) is 5.56 Å². The van der Waals surface area contributed by atoms with Crippen LogP contribution in [0.5, 0.6) is 0 Å². The van der Waals surface area contributed by atoms with Gasteiger partial charge in [-0.25, -0.2) is 9.97 Å². The molecule has 2 aromatic carbocycles. The van der Waals surface area contributed by atoms with Crippen LogP contribution in [0.1, 0.15) is 22.9 Å². The highest BCUT2D eigenvalue weighted by molar-refractivity contribution is 5.77. The Morgan fingerprint density at radius 1 is 1.03 bits per heavy atom. The van der Waals surface area contributed by atoms with Crippen molar-refractivity contribution in [2.75, 3.05) is 6.54 Å². The van der Waals surface area contributed by atoms with Gasteiger partial charge in [0.1, 0.15) is 18.1 Å². The van der Waals surface area contributed by atoms with Gasteiger partial charge in [-0.05, 0) is 13.0 Å². The van der Waals surface area contributed by atoms with Gasteiger partial charge in [0.15, 0.2) is 5.89 Å². The maximum Gasteiger partial charge on any atom is 0.242 e. The molecule has 5 rings (SSSR count). The standard InChI is InChI=1S/C25H24N4O2/c1-17-7-6-10-20(13-17)22-14-29(25(27-22)19-8-4-3-5-9-19)16-24(30)28-12-11-21-23(15-28)31-18(2)26-21/h3-10,13-14H,11-12,15-16H2,1-2H3. The highest BCUT2D eigenvalue weighted by Gasteiger charge is 2.25. The lowest BCUT2D eigenvalue weighted by Gasteiger charge is -2.25. The van der Waals surface area contributed by atoms with E-state index >= 15 is 0 Å². The van der Waals surface area contributed by atoms with Crippen molar-refractivity contribution < 1.29 is 9.21 Å². The van der Waals surface area contributed by atoms with Gasteiger partial charge in [-0.2, -0.15) is 0 Å². The number of rotatable bonds is 4. The third-order valence-electron chi connectivity index (χ3n) is 5.62. The van der Waals surface area contributed by atoms with Gasteiger partial charge in [0.05, 0.1) is 17.9 Å². The largest absolute Gasteiger partial charge is 0.444 e. The maximum atomic E-state index is 13.2. The molecule has 0 radical (unpaired) electrons. The first-order chi connectivity index (χ1) is 15.1. The molecular weight excluding hydrogens is 388 g/mol. The summed E-state index contributed by atoms with van der Waals surface area (Å²) in [7, 11) is 0. The fourth-order valence-electron chi connectivity index (χ4n) is 4.08. The molecule has 0 saturated heterocycles. The van der Waals surface area contributed by atoms with Gasteiger partial charge < -0.3 is 13.9 Å². The molecule has 0 N–H and O–H groups in total. The van der Waals surface area contributed by atoms with Crippen LogP contribution in [0.2, 0.25) is 0 Å². The highest BCUT2D eigenvalue weighted by Crippen LogP contribution is 2.26. The van der Waals surface area contributed by atoms with E-state index in [0.29, 0.717) is 19.0 Å². The van der Waals surface area contributed by atoms with Gasteiger partial charge in [0.25, 0.3) is 0 Å². The Labute approximate surface area is 181 Å². The quantitative estimate of drug-likeness (QED) is 0.498. The van der Waals surface area contributed by atoms with Crippen LogP contribution in [0, 0.1) is 13.8 Å². The number of hydrogen-bond acceptors (Lipinski definition) is 4. The van der Waals surface area contributed by atoms with Crippen molar-refractivity contribution in [3.8, 4) is 22.6 Å². The summed E-state index contributed by atoms with van der Waals surface area (Å²) >= 11 is 0. The van der Waals surface area contributed by atoms with Crippen molar-refractivity contribution in [3.05, 3.63) is 83.7 Å². The maximum absolute atomic E-state index is 13.2. The molecule has 1 aliphatic rings. The van der Waals surface area contributed by atoms with Crippen LogP contribution in [-0.4, -0.2) is 31.9 Å². The number of aryl methyl sites for hydroxylation is 2. The minimum Gasteiger partial charge on any atom is -0.444 e. The topological polar surface area (TPSA) is 64.2 Å². The van der Waals surface area contributed by atoms with Crippen LogP contribution in [0.3, 0.4) is 0 Å². The second kappa shape index (κ2) is 7.87. The van der Waals surface area contributed by atoms with Gasteiger partial charge in [-0.15, -0.1) is 0 Å². The lowest BCUT2D eigenvalue weighted by Crippen LogP contribution is -2.37. The fourth-order valence-corrected chi connectivity index (χ4v) is 4.08. The van der Waals surface area contributed by atoms with Crippen LogP contribution in [0.15, 0.2) is 65.2 Å². The number of fused-ring (bicyclic) bond motifs is 1. The van der Waals surface area contributed by atoms with Gasteiger partial charge in [0.2, 0.25) is 5.91 Å². The summed E-state index contributed by atoms with van der Waals surface area (Å²) in [5, 5.41) is 0. The molecule has 6 heteroatoms. The Kier molecular flexibility index (Phi) is 4.90. The summed E-state index contributed by atoms with van der Waals surface area (Å²) < 4.78 is 7.63. The summed E-state index contributed by atoms with van der Waals surface area (Å²) in [5.41, 5.74) is 5.04. The van der Waals surface area contributed by atoms with E-state index in [-0.39, 0.29) is 12.5 Å². The van der Waals surface area contributed by atoms with Gasteiger partial charge in [0, 0.05) is 37.2 Å². The molecule has 3 heterocycles. The average molecular weight is 412 g/mol. The minimum atomic E-state index is 0.0464. The molecule has 0 fully saturated rings. The number of nitrogens with zero attached hydrogens (tertiary/aromatic N) is 4. The Balaban J connectivity index is 1.45. The zero-order valence-electron chi connectivity index (χ0n) is 17.7. The summed E-state index contributed by atoms with van der Waals surface area (Å²) in [6.07, 6.45) is 2.70. The molecule has 0 saturated carbocycles. The predicted octanol–water partition coefficient (Wildman–Crippen LogP) is 4.41. The summed E-state index contributed by atoms with van der Waals surface area (Å²) in [4.78, 5) is 24.3. The first kappa shape index (κ1) is 19.3. The second-order valence-electron chi connectivity index (χ2n) is 7.98. The molecule has 31 heavy (non-hydrogen) atoms. The van der Waals surface area contributed by atoms with Crippen LogP contribution in [-0.2, 0) is 24.3 Å². The zero-order chi connectivity index (χ0) is 21.4. The van der Waals surface area contributed by atoms with E-state index in [4.69, 9.17) is 9.40 Å². The Hall–Kier alpha value is -3.67. The molecule has 1 amide bonds. The van der Waals surface area contributed by atoms with E-state index in [2.05, 4.69) is 30.1 Å². The van der Waals surface area contributed by atoms with Crippen LogP contribution >= 0.6 is 0 Å². The first-order valence-corrected chi connectivity index (χ1v) is 10.5. The number of oxazole rings is 1. The average Bonchev–Trinajstić information content (AvgIpc) is 3.36. The summed E-state index contributed by atoms with van der Waals surface area (Å²) in [6.45, 7) is 5.26. The Morgan fingerprint density at radius 2 is 1.84 bits per heavy atom. The number of amides is 1. The smallest absolute Gasteiger partial charge is 0.242 e. The summed E-state index contributed by atoms with van der Waals surface area (Å²) in [5.74, 6) is 2.29. The molecule has 0 atom stereocenters. The van der Waals surface area contributed by atoms with Gasteiger partial charge in [-0.1, -0.05) is 54.1 Å². The summed E-state index contributed by atoms with van der Waals surface area (Å²) in [6, 6.07) is 18.3. The SMILES string of the molecule is Cc1cccc(-c2cn(CC(=O)N3CCc4nc(C)oc4C3)c(-c3ccccc3)n2)c1. The van der Waals surface area contributed by atoms with E-state index < -0.39 is 0 Å².